The second-order valence-corrected chi connectivity index (χ2v) is 8.77. The molecule has 0 saturated carbocycles. The summed E-state index contributed by atoms with van der Waals surface area (Å²) in [5, 5.41) is 17.4. The number of carbonyl (C=O) groups is 2. The number of amides is 1. The first-order chi connectivity index (χ1) is 14.0. The molecule has 29 heavy (non-hydrogen) atoms. The van der Waals surface area contributed by atoms with Crippen LogP contribution in [0.15, 0.2) is 58.9 Å². The zero-order chi connectivity index (χ0) is 20.4. The van der Waals surface area contributed by atoms with Crippen LogP contribution in [-0.2, 0) is 9.59 Å². The SMILES string of the molecule is O=C([O-])CCN1C(=O)/C(=C\c2cn(-c3ccccc3)nc2-c2cccs2)SC1=S. The van der Waals surface area contributed by atoms with Crippen LogP contribution in [0, 0.1) is 0 Å². The van der Waals surface area contributed by atoms with E-state index in [9.17, 15) is 14.7 Å². The molecule has 0 spiro atoms. The van der Waals surface area contributed by atoms with Crippen molar-refractivity contribution < 1.29 is 14.7 Å². The number of thioether (sulfide) groups is 1. The highest BCUT2D eigenvalue weighted by Gasteiger charge is 2.32. The molecule has 0 aliphatic carbocycles. The maximum atomic E-state index is 12.7. The fourth-order valence-electron chi connectivity index (χ4n) is 2.85. The molecule has 1 saturated heterocycles. The van der Waals surface area contributed by atoms with Crippen LogP contribution in [0.1, 0.15) is 12.0 Å². The van der Waals surface area contributed by atoms with Gasteiger partial charge in [0, 0.05) is 30.7 Å². The van der Waals surface area contributed by atoms with E-state index in [2.05, 4.69) is 0 Å². The Balaban J connectivity index is 1.71. The molecule has 1 aliphatic heterocycles. The third-order valence-corrected chi connectivity index (χ3v) is 6.47. The molecule has 1 fully saturated rings. The topological polar surface area (TPSA) is 78.3 Å². The molecule has 0 radical (unpaired) electrons. The van der Waals surface area contributed by atoms with Crippen molar-refractivity contribution in [3.63, 3.8) is 0 Å². The van der Waals surface area contributed by atoms with E-state index in [4.69, 9.17) is 17.3 Å². The van der Waals surface area contributed by atoms with Gasteiger partial charge in [0.2, 0.25) is 0 Å². The van der Waals surface area contributed by atoms with E-state index in [1.165, 1.54) is 4.90 Å². The molecular formula is C20H14N3O3S3-. The molecule has 4 rings (SSSR count). The zero-order valence-electron chi connectivity index (χ0n) is 15.0. The van der Waals surface area contributed by atoms with E-state index >= 15 is 0 Å². The third-order valence-electron chi connectivity index (χ3n) is 4.22. The zero-order valence-corrected chi connectivity index (χ0v) is 17.4. The van der Waals surface area contributed by atoms with Crippen molar-refractivity contribution in [3.8, 4) is 16.3 Å². The van der Waals surface area contributed by atoms with Crippen molar-refractivity contribution in [3.05, 3.63) is 64.5 Å². The number of carbonyl (C=O) groups excluding carboxylic acids is 2. The Morgan fingerprint density at radius 2 is 2.00 bits per heavy atom. The van der Waals surface area contributed by atoms with Crippen molar-refractivity contribution in [2.45, 2.75) is 6.42 Å². The van der Waals surface area contributed by atoms with Gasteiger partial charge in [0.1, 0.15) is 10.0 Å². The third kappa shape index (κ3) is 4.16. The summed E-state index contributed by atoms with van der Waals surface area (Å²) in [7, 11) is 0. The molecule has 0 unspecified atom stereocenters. The standard InChI is InChI=1S/C20H15N3O3S3/c24-17(25)8-9-22-19(26)16(29-20(22)27)11-13-12-23(14-5-2-1-3-6-14)21-18(13)15-7-4-10-28-15/h1-7,10-12H,8-9H2,(H,24,25)/p-1/b16-11+. The Kier molecular flexibility index (Phi) is 5.61. The van der Waals surface area contributed by atoms with E-state index in [0.29, 0.717) is 9.23 Å². The molecule has 0 N–H and O–H groups in total. The molecule has 1 aromatic carbocycles. The summed E-state index contributed by atoms with van der Waals surface area (Å²) < 4.78 is 2.12. The Morgan fingerprint density at radius 3 is 2.69 bits per heavy atom. The average Bonchev–Trinajstić information content (AvgIpc) is 3.42. The number of thiocarbonyl (C=S) groups is 1. The van der Waals surface area contributed by atoms with Crippen LogP contribution in [0.5, 0.6) is 0 Å². The number of nitrogens with zero attached hydrogens (tertiary/aromatic N) is 3. The number of hydrogen-bond donors (Lipinski definition) is 0. The predicted molar refractivity (Wildman–Crippen MR) is 116 cm³/mol. The van der Waals surface area contributed by atoms with Gasteiger partial charge >= 0.3 is 0 Å². The van der Waals surface area contributed by atoms with Crippen LogP contribution in [0.3, 0.4) is 0 Å². The maximum absolute atomic E-state index is 12.7. The van der Waals surface area contributed by atoms with E-state index < -0.39 is 5.97 Å². The Hall–Kier alpha value is -2.75. The first-order valence-corrected chi connectivity index (χ1v) is 10.8. The number of benzene rings is 1. The molecular weight excluding hydrogens is 426 g/mol. The fourth-order valence-corrected chi connectivity index (χ4v) is 4.88. The minimum atomic E-state index is -1.22. The summed E-state index contributed by atoms with van der Waals surface area (Å²) in [6, 6.07) is 13.6. The van der Waals surface area contributed by atoms with Gasteiger partial charge in [-0.3, -0.25) is 9.69 Å². The van der Waals surface area contributed by atoms with E-state index in [-0.39, 0.29) is 18.9 Å². The molecule has 0 bridgehead atoms. The van der Waals surface area contributed by atoms with E-state index in [1.54, 1.807) is 22.1 Å². The highest BCUT2D eigenvalue weighted by atomic mass is 32.2. The Morgan fingerprint density at radius 1 is 1.21 bits per heavy atom. The van der Waals surface area contributed by atoms with Gasteiger partial charge in [-0.25, -0.2) is 4.68 Å². The van der Waals surface area contributed by atoms with Gasteiger partial charge in [0.15, 0.2) is 0 Å². The van der Waals surface area contributed by atoms with Gasteiger partial charge in [-0.2, -0.15) is 5.10 Å². The lowest BCUT2D eigenvalue weighted by molar-refractivity contribution is -0.305. The summed E-state index contributed by atoms with van der Waals surface area (Å²) in [5.74, 6) is -1.52. The monoisotopic (exact) mass is 440 g/mol. The highest BCUT2D eigenvalue weighted by Crippen LogP contribution is 2.35. The molecule has 1 aliphatic rings. The van der Waals surface area contributed by atoms with Crippen molar-refractivity contribution in [2.75, 3.05) is 6.54 Å². The van der Waals surface area contributed by atoms with Crippen LogP contribution in [0.25, 0.3) is 22.3 Å². The number of carboxylic acids is 1. The largest absolute Gasteiger partial charge is 0.550 e. The van der Waals surface area contributed by atoms with Gasteiger partial charge in [0.25, 0.3) is 5.91 Å². The number of thiophene rings is 1. The van der Waals surface area contributed by atoms with Gasteiger partial charge in [-0.15, -0.1) is 11.3 Å². The first kappa shape index (κ1) is 19.6. The minimum Gasteiger partial charge on any atom is -0.550 e. The molecule has 9 heteroatoms. The lowest BCUT2D eigenvalue weighted by atomic mass is 10.2. The van der Waals surface area contributed by atoms with Gasteiger partial charge in [-0.05, 0) is 29.7 Å². The number of para-hydroxylation sites is 1. The number of aliphatic carboxylic acids is 1. The average molecular weight is 441 g/mol. The highest BCUT2D eigenvalue weighted by molar-refractivity contribution is 8.26. The molecule has 3 aromatic rings. The van der Waals surface area contributed by atoms with Crippen molar-refractivity contribution in [2.24, 2.45) is 0 Å². The number of hydrogen-bond acceptors (Lipinski definition) is 7. The summed E-state index contributed by atoms with van der Waals surface area (Å²) in [6.45, 7) is 0.00536. The summed E-state index contributed by atoms with van der Waals surface area (Å²) in [5.41, 5.74) is 2.46. The van der Waals surface area contributed by atoms with Crippen LogP contribution >= 0.6 is 35.3 Å². The van der Waals surface area contributed by atoms with E-state index in [1.807, 2.05) is 54.0 Å². The molecule has 3 heterocycles. The Labute approximate surface area is 180 Å². The second-order valence-electron chi connectivity index (χ2n) is 6.15. The van der Waals surface area contributed by atoms with Crippen molar-refractivity contribution in [1.29, 1.82) is 0 Å². The lowest BCUT2D eigenvalue weighted by Gasteiger charge is -2.14. The molecule has 6 nitrogen and oxygen atoms in total. The molecule has 146 valence electrons. The normalized spacial score (nSPS) is 15.4. The quantitative estimate of drug-likeness (QED) is 0.433. The molecule has 0 atom stereocenters. The van der Waals surface area contributed by atoms with Gasteiger partial charge < -0.3 is 9.90 Å². The first-order valence-electron chi connectivity index (χ1n) is 8.67. The maximum Gasteiger partial charge on any atom is 0.266 e. The van der Waals surface area contributed by atoms with Crippen LogP contribution in [-0.4, -0.2) is 37.4 Å². The number of rotatable bonds is 6. The van der Waals surface area contributed by atoms with E-state index in [0.717, 1.165) is 33.6 Å². The predicted octanol–water partition coefficient (Wildman–Crippen LogP) is 2.94. The van der Waals surface area contributed by atoms with Crippen molar-refractivity contribution >= 4 is 57.6 Å². The smallest absolute Gasteiger partial charge is 0.266 e. The van der Waals surface area contributed by atoms with Crippen LogP contribution in [0.4, 0.5) is 0 Å². The number of carboxylic acid groups (broad SMARTS) is 1. The lowest BCUT2D eigenvalue weighted by Crippen LogP contribution is -2.33. The molecule has 2 aromatic heterocycles. The molecule has 1 amide bonds. The van der Waals surface area contributed by atoms with Crippen LogP contribution < -0.4 is 5.11 Å². The number of aromatic nitrogens is 2. The minimum absolute atomic E-state index is 0.00536. The Bertz CT molecular complexity index is 1100. The summed E-state index contributed by atoms with van der Waals surface area (Å²) >= 11 is 7.98. The second kappa shape index (κ2) is 8.32. The summed E-state index contributed by atoms with van der Waals surface area (Å²) in [4.78, 5) is 26.2. The van der Waals surface area contributed by atoms with Crippen LogP contribution in [0.2, 0.25) is 0 Å². The van der Waals surface area contributed by atoms with Gasteiger partial charge in [-0.1, -0.05) is 48.2 Å². The van der Waals surface area contributed by atoms with Gasteiger partial charge in [0.05, 0.1) is 15.5 Å². The fraction of sp³-hybridized carbons (Fsp3) is 0.100. The van der Waals surface area contributed by atoms with Crippen molar-refractivity contribution in [1.82, 2.24) is 14.7 Å². The summed E-state index contributed by atoms with van der Waals surface area (Å²) in [6.07, 6.45) is 3.38.